The molecule has 2 rings (SSSR count). The van der Waals surface area contributed by atoms with Crippen LogP contribution < -0.4 is 5.32 Å². The van der Waals surface area contributed by atoms with Crippen molar-refractivity contribution in [3.05, 3.63) is 23.3 Å². The Bertz CT molecular complexity index is 863. The normalized spacial score (nSPS) is 13.1. The summed E-state index contributed by atoms with van der Waals surface area (Å²) in [6, 6.07) is 0.987. The third-order valence-electron chi connectivity index (χ3n) is 4.12. The maximum atomic E-state index is 12.1. The molecular weight excluding hydrogens is 354 g/mol. The Kier molecular flexibility index (Phi) is 6.43. The van der Waals surface area contributed by atoms with Crippen molar-refractivity contribution in [3.63, 3.8) is 0 Å². The predicted molar refractivity (Wildman–Crippen MR) is 93.9 cm³/mol. The number of fused-ring (bicyclic) bond motifs is 1. The van der Waals surface area contributed by atoms with Crippen molar-refractivity contribution in [2.45, 2.75) is 40.2 Å². The standard InChI is InChI=1S/C17H23N5O5/c1-6-9(2)13(15(24)26-5)19-12(23)8-27-16(25)14-20-17-18-10(3)7-11(4)22(17)21-14/h7,9,13H,6,8H2,1-5H3,(H,19,23)/t9-,13-/m0/s1. The van der Waals surface area contributed by atoms with E-state index in [-0.39, 0.29) is 17.5 Å². The lowest BCUT2D eigenvalue weighted by Gasteiger charge is -2.21. The number of carbonyl (C=O) groups excluding carboxylic acids is 3. The Morgan fingerprint density at radius 1 is 1.26 bits per heavy atom. The average molecular weight is 377 g/mol. The molecule has 10 heteroatoms. The van der Waals surface area contributed by atoms with Gasteiger partial charge in [-0.25, -0.2) is 19.1 Å². The summed E-state index contributed by atoms with van der Waals surface area (Å²) in [5.41, 5.74) is 1.50. The minimum absolute atomic E-state index is 0.130. The van der Waals surface area contributed by atoms with Crippen molar-refractivity contribution in [3.8, 4) is 0 Å². The summed E-state index contributed by atoms with van der Waals surface area (Å²) in [4.78, 5) is 44.2. The van der Waals surface area contributed by atoms with Crippen LogP contribution in [0.3, 0.4) is 0 Å². The van der Waals surface area contributed by atoms with Crippen LogP contribution in [0.1, 0.15) is 42.3 Å². The van der Waals surface area contributed by atoms with Crippen LogP contribution in [0.2, 0.25) is 0 Å². The Morgan fingerprint density at radius 2 is 1.96 bits per heavy atom. The molecule has 0 unspecified atom stereocenters. The fourth-order valence-electron chi connectivity index (χ4n) is 2.46. The number of ether oxygens (including phenoxy) is 2. The second-order valence-electron chi connectivity index (χ2n) is 6.22. The van der Waals surface area contributed by atoms with Gasteiger partial charge in [0.2, 0.25) is 0 Å². The van der Waals surface area contributed by atoms with E-state index < -0.39 is 30.5 Å². The summed E-state index contributed by atoms with van der Waals surface area (Å²) in [6.45, 7) is 6.74. The van der Waals surface area contributed by atoms with Crippen LogP contribution in [-0.2, 0) is 19.1 Å². The van der Waals surface area contributed by atoms with E-state index in [2.05, 4.69) is 20.4 Å². The van der Waals surface area contributed by atoms with Gasteiger partial charge in [-0.3, -0.25) is 4.79 Å². The zero-order valence-corrected chi connectivity index (χ0v) is 16.0. The van der Waals surface area contributed by atoms with E-state index in [1.807, 2.05) is 13.8 Å². The molecule has 0 fully saturated rings. The van der Waals surface area contributed by atoms with Gasteiger partial charge < -0.3 is 14.8 Å². The number of hydrogen-bond acceptors (Lipinski definition) is 8. The summed E-state index contributed by atoms with van der Waals surface area (Å²) in [5.74, 6) is -2.09. The fourth-order valence-corrected chi connectivity index (χ4v) is 2.46. The lowest BCUT2D eigenvalue weighted by molar-refractivity contribution is -0.147. The first-order chi connectivity index (χ1) is 12.8. The van der Waals surface area contributed by atoms with E-state index in [0.29, 0.717) is 6.42 Å². The molecule has 0 aliphatic rings. The number of aryl methyl sites for hydroxylation is 2. The average Bonchev–Trinajstić information content (AvgIpc) is 3.07. The topological polar surface area (TPSA) is 125 Å². The van der Waals surface area contributed by atoms with Gasteiger partial charge in [0.1, 0.15) is 6.04 Å². The number of esters is 2. The predicted octanol–water partition coefficient (Wildman–Crippen LogP) is 0.602. The zero-order valence-electron chi connectivity index (χ0n) is 16.0. The molecule has 27 heavy (non-hydrogen) atoms. The Labute approximate surface area is 156 Å². The highest BCUT2D eigenvalue weighted by Crippen LogP contribution is 2.09. The number of aromatic nitrogens is 4. The number of nitrogens with one attached hydrogen (secondary N) is 1. The number of methoxy groups -OCH3 is 1. The van der Waals surface area contributed by atoms with Gasteiger partial charge in [0, 0.05) is 11.4 Å². The quantitative estimate of drug-likeness (QED) is 0.696. The first-order valence-corrected chi connectivity index (χ1v) is 8.52. The molecule has 0 bridgehead atoms. The molecule has 0 aromatic carbocycles. The smallest absolute Gasteiger partial charge is 0.378 e. The first-order valence-electron chi connectivity index (χ1n) is 8.52. The van der Waals surface area contributed by atoms with Gasteiger partial charge in [0.25, 0.3) is 17.5 Å². The second kappa shape index (κ2) is 8.56. The number of nitrogens with zero attached hydrogens (tertiary/aromatic N) is 4. The largest absolute Gasteiger partial charge is 0.467 e. The monoisotopic (exact) mass is 377 g/mol. The van der Waals surface area contributed by atoms with Gasteiger partial charge in [-0.1, -0.05) is 20.3 Å². The summed E-state index contributed by atoms with van der Waals surface area (Å²) in [7, 11) is 1.25. The molecule has 2 atom stereocenters. The van der Waals surface area contributed by atoms with Crippen molar-refractivity contribution >= 4 is 23.6 Å². The third kappa shape index (κ3) is 4.78. The number of rotatable bonds is 7. The molecule has 1 N–H and O–H groups in total. The van der Waals surface area contributed by atoms with Crippen LogP contribution in [0, 0.1) is 19.8 Å². The molecule has 2 aromatic heterocycles. The summed E-state index contributed by atoms with van der Waals surface area (Å²) in [5, 5.41) is 6.56. The second-order valence-corrected chi connectivity index (χ2v) is 6.22. The Hall–Kier alpha value is -3.04. The van der Waals surface area contributed by atoms with Crippen LogP contribution in [0.15, 0.2) is 6.07 Å². The van der Waals surface area contributed by atoms with Gasteiger partial charge in [-0.15, -0.1) is 5.10 Å². The van der Waals surface area contributed by atoms with E-state index in [9.17, 15) is 14.4 Å². The SMILES string of the molecule is CC[C@H](C)[C@H](NC(=O)COC(=O)c1nc2nc(C)cc(C)n2n1)C(=O)OC. The molecule has 2 heterocycles. The number of hydrogen-bond donors (Lipinski definition) is 1. The number of amides is 1. The van der Waals surface area contributed by atoms with Crippen molar-refractivity contribution in [2.24, 2.45) is 5.92 Å². The van der Waals surface area contributed by atoms with Crippen LogP contribution >= 0.6 is 0 Å². The van der Waals surface area contributed by atoms with Gasteiger partial charge in [0.05, 0.1) is 7.11 Å². The molecule has 0 saturated carbocycles. The van der Waals surface area contributed by atoms with E-state index in [1.54, 1.807) is 19.9 Å². The van der Waals surface area contributed by atoms with Crippen LogP contribution in [-0.4, -0.2) is 57.2 Å². The molecular formula is C17H23N5O5. The fraction of sp³-hybridized carbons (Fsp3) is 0.529. The van der Waals surface area contributed by atoms with Gasteiger partial charge >= 0.3 is 11.9 Å². The molecule has 146 valence electrons. The maximum absolute atomic E-state index is 12.1. The molecule has 10 nitrogen and oxygen atoms in total. The molecule has 0 saturated heterocycles. The highest BCUT2D eigenvalue weighted by molar-refractivity contribution is 5.89. The van der Waals surface area contributed by atoms with Crippen LogP contribution in [0.5, 0.6) is 0 Å². The lowest BCUT2D eigenvalue weighted by Crippen LogP contribution is -2.47. The molecule has 0 aliphatic heterocycles. The van der Waals surface area contributed by atoms with E-state index >= 15 is 0 Å². The Morgan fingerprint density at radius 3 is 2.59 bits per heavy atom. The van der Waals surface area contributed by atoms with Crippen molar-refractivity contribution in [1.29, 1.82) is 0 Å². The van der Waals surface area contributed by atoms with Crippen molar-refractivity contribution < 1.29 is 23.9 Å². The van der Waals surface area contributed by atoms with E-state index in [0.717, 1.165) is 11.4 Å². The van der Waals surface area contributed by atoms with Crippen LogP contribution in [0.4, 0.5) is 0 Å². The van der Waals surface area contributed by atoms with Crippen LogP contribution in [0.25, 0.3) is 5.78 Å². The molecule has 0 radical (unpaired) electrons. The summed E-state index contributed by atoms with van der Waals surface area (Å²) >= 11 is 0. The highest BCUT2D eigenvalue weighted by Gasteiger charge is 2.27. The van der Waals surface area contributed by atoms with E-state index in [1.165, 1.54) is 11.6 Å². The molecule has 1 amide bonds. The summed E-state index contributed by atoms with van der Waals surface area (Å²) < 4.78 is 11.1. The minimum atomic E-state index is -0.856. The molecule has 2 aromatic rings. The highest BCUT2D eigenvalue weighted by atomic mass is 16.5. The number of carbonyl (C=O) groups is 3. The molecule has 0 aliphatic carbocycles. The third-order valence-corrected chi connectivity index (χ3v) is 4.12. The van der Waals surface area contributed by atoms with Gasteiger partial charge in [-0.2, -0.15) is 4.98 Å². The zero-order chi connectivity index (χ0) is 20.1. The van der Waals surface area contributed by atoms with Gasteiger partial charge in [-0.05, 0) is 25.8 Å². The minimum Gasteiger partial charge on any atom is -0.467 e. The summed E-state index contributed by atoms with van der Waals surface area (Å²) in [6.07, 6.45) is 0.663. The van der Waals surface area contributed by atoms with Crippen molar-refractivity contribution in [1.82, 2.24) is 24.9 Å². The lowest BCUT2D eigenvalue weighted by atomic mass is 9.99. The van der Waals surface area contributed by atoms with E-state index in [4.69, 9.17) is 9.47 Å². The maximum Gasteiger partial charge on any atom is 0.378 e. The first kappa shape index (κ1) is 20.3. The Balaban J connectivity index is 2.01. The van der Waals surface area contributed by atoms with Gasteiger partial charge in [0.15, 0.2) is 6.61 Å². The van der Waals surface area contributed by atoms with Crippen molar-refractivity contribution in [2.75, 3.05) is 13.7 Å². The molecule has 0 spiro atoms.